The van der Waals surface area contributed by atoms with E-state index in [2.05, 4.69) is 15.9 Å². The van der Waals surface area contributed by atoms with Crippen molar-refractivity contribution in [3.8, 4) is 11.5 Å². The second kappa shape index (κ2) is 6.69. The van der Waals surface area contributed by atoms with Crippen LogP contribution in [0.5, 0.6) is 11.5 Å². The summed E-state index contributed by atoms with van der Waals surface area (Å²) in [6.07, 6.45) is 2.34. The van der Waals surface area contributed by atoms with E-state index in [1.54, 1.807) is 12.1 Å². The fourth-order valence-corrected chi connectivity index (χ4v) is 2.81. The van der Waals surface area contributed by atoms with Gasteiger partial charge in [-0.25, -0.2) is 4.39 Å². The molecule has 1 unspecified atom stereocenters. The zero-order chi connectivity index (χ0) is 15.5. The summed E-state index contributed by atoms with van der Waals surface area (Å²) in [4.78, 5) is 0. The predicted octanol–water partition coefficient (Wildman–Crippen LogP) is 5.52. The molecule has 1 fully saturated rings. The molecule has 0 saturated heterocycles. The third-order valence-electron chi connectivity index (χ3n) is 3.72. The highest BCUT2D eigenvalue weighted by Gasteiger charge is 2.34. The number of halogens is 2. The lowest BCUT2D eigenvalue weighted by Crippen LogP contribution is -2.10. The molecule has 0 amide bonds. The number of benzene rings is 2. The van der Waals surface area contributed by atoms with E-state index >= 15 is 0 Å². The van der Waals surface area contributed by atoms with E-state index in [1.165, 1.54) is 18.9 Å². The van der Waals surface area contributed by atoms with Crippen molar-refractivity contribution in [2.75, 3.05) is 6.61 Å². The molecule has 4 heteroatoms. The van der Waals surface area contributed by atoms with Gasteiger partial charge in [0.05, 0.1) is 11.1 Å². The highest BCUT2D eigenvalue weighted by molar-refractivity contribution is 9.10. The second-order valence-electron chi connectivity index (χ2n) is 5.45. The Labute approximate surface area is 138 Å². The molecule has 3 rings (SSSR count). The van der Waals surface area contributed by atoms with Crippen LogP contribution >= 0.6 is 15.9 Å². The molecular formula is C18H18BrFO2. The van der Waals surface area contributed by atoms with Crippen molar-refractivity contribution in [3.05, 3.63) is 58.3 Å². The van der Waals surface area contributed by atoms with Crippen LogP contribution in [0.4, 0.5) is 4.39 Å². The number of ether oxygens (including phenoxy) is 2. The van der Waals surface area contributed by atoms with Crippen LogP contribution in [-0.2, 0) is 0 Å². The van der Waals surface area contributed by atoms with Crippen LogP contribution in [0.15, 0.2) is 46.9 Å². The Kier molecular flexibility index (Phi) is 4.67. The highest BCUT2D eigenvalue weighted by Crippen LogP contribution is 2.44. The average Bonchev–Trinajstić information content (AvgIpc) is 3.34. The Morgan fingerprint density at radius 2 is 1.82 bits per heavy atom. The van der Waals surface area contributed by atoms with Crippen molar-refractivity contribution < 1.29 is 13.9 Å². The summed E-state index contributed by atoms with van der Waals surface area (Å²) < 4.78 is 25.4. The van der Waals surface area contributed by atoms with Gasteiger partial charge in [0.2, 0.25) is 0 Å². The van der Waals surface area contributed by atoms with E-state index in [9.17, 15) is 4.39 Å². The summed E-state index contributed by atoms with van der Waals surface area (Å²) in [5, 5.41) is 0. The Balaban J connectivity index is 1.79. The fourth-order valence-electron chi connectivity index (χ4n) is 2.45. The third-order valence-corrected chi connectivity index (χ3v) is 4.33. The molecule has 1 atom stereocenters. The van der Waals surface area contributed by atoms with E-state index in [-0.39, 0.29) is 11.9 Å². The maximum Gasteiger partial charge on any atom is 0.137 e. The van der Waals surface area contributed by atoms with Crippen LogP contribution in [0.3, 0.4) is 0 Å². The van der Waals surface area contributed by atoms with Crippen molar-refractivity contribution in [3.63, 3.8) is 0 Å². The molecule has 0 heterocycles. The van der Waals surface area contributed by atoms with Crippen LogP contribution in [0.25, 0.3) is 0 Å². The van der Waals surface area contributed by atoms with Gasteiger partial charge >= 0.3 is 0 Å². The Bertz CT molecular complexity index is 638. The van der Waals surface area contributed by atoms with Gasteiger partial charge in [0.25, 0.3) is 0 Å². The van der Waals surface area contributed by atoms with Crippen molar-refractivity contribution >= 4 is 15.9 Å². The first kappa shape index (κ1) is 15.3. The highest BCUT2D eigenvalue weighted by atomic mass is 79.9. The van der Waals surface area contributed by atoms with Gasteiger partial charge in [-0.1, -0.05) is 12.1 Å². The lowest BCUT2D eigenvalue weighted by Gasteiger charge is -2.20. The minimum absolute atomic E-state index is 0.00744. The van der Waals surface area contributed by atoms with E-state index in [0.29, 0.717) is 22.7 Å². The number of hydrogen-bond acceptors (Lipinski definition) is 2. The third kappa shape index (κ3) is 3.61. The van der Waals surface area contributed by atoms with Gasteiger partial charge in [0, 0.05) is 5.92 Å². The molecule has 0 aliphatic heterocycles. The number of rotatable bonds is 6. The van der Waals surface area contributed by atoms with Crippen molar-refractivity contribution in [1.82, 2.24) is 0 Å². The summed E-state index contributed by atoms with van der Waals surface area (Å²) in [5.74, 6) is 1.79. The van der Waals surface area contributed by atoms with Gasteiger partial charge in [-0.2, -0.15) is 0 Å². The lowest BCUT2D eigenvalue weighted by atomic mass is 10.1. The van der Waals surface area contributed by atoms with Crippen molar-refractivity contribution in [1.29, 1.82) is 0 Å². The molecule has 116 valence electrons. The van der Waals surface area contributed by atoms with Gasteiger partial charge in [0.15, 0.2) is 0 Å². The molecule has 2 aromatic carbocycles. The topological polar surface area (TPSA) is 18.5 Å². The molecule has 1 aliphatic rings. The Morgan fingerprint density at radius 1 is 1.14 bits per heavy atom. The minimum atomic E-state index is -0.281. The fraction of sp³-hybridized carbons (Fsp3) is 0.333. The molecule has 2 nitrogen and oxygen atoms in total. The first-order chi connectivity index (χ1) is 10.7. The van der Waals surface area contributed by atoms with Crippen LogP contribution < -0.4 is 9.47 Å². The molecule has 0 N–H and O–H groups in total. The minimum Gasteiger partial charge on any atom is -0.494 e. The summed E-state index contributed by atoms with van der Waals surface area (Å²) in [7, 11) is 0. The van der Waals surface area contributed by atoms with E-state index in [0.717, 1.165) is 11.3 Å². The molecule has 0 radical (unpaired) electrons. The summed E-state index contributed by atoms with van der Waals surface area (Å²) in [6, 6.07) is 12.8. The Hall–Kier alpha value is -1.55. The molecule has 22 heavy (non-hydrogen) atoms. The van der Waals surface area contributed by atoms with Gasteiger partial charge in [0.1, 0.15) is 23.4 Å². The average molecular weight is 365 g/mol. The number of hydrogen-bond donors (Lipinski definition) is 0. The zero-order valence-electron chi connectivity index (χ0n) is 12.4. The SMILES string of the molecule is CCOc1ccc(C(Oc2ccc(F)c(Br)c2)C2CC2)cc1. The molecule has 0 aromatic heterocycles. The van der Waals surface area contributed by atoms with E-state index < -0.39 is 0 Å². The van der Waals surface area contributed by atoms with Crippen LogP contribution in [0.2, 0.25) is 0 Å². The summed E-state index contributed by atoms with van der Waals surface area (Å²) in [6.45, 7) is 2.63. The predicted molar refractivity (Wildman–Crippen MR) is 87.8 cm³/mol. The molecule has 0 spiro atoms. The summed E-state index contributed by atoms with van der Waals surface area (Å²) in [5.41, 5.74) is 1.13. The van der Waals surface area contributed by atoms with E-state index in [4.69, 9.17) is 9.47 Å². The molecular weight excluding hydrogens is 347 g/mol. The monoisotopic (exact) mass is 364 g/mol. The maximum absolute atomic E-state index is 13.3. The van der Waals surface area contributed by atoms with Gasteiger partial charge in [-0.3, -0.25) is 0 Å². The van der Waals surface area contributed by atoms with Gasteiger partial charge in [-0.15, -0.1) is 0 Å². The van der Waals surface area contributed by atoms with Gasteiger partial charge < -0.3 is 9.47 Å². The second-order valence-corrected chi connectivity index (χ2v) is 6.31. The Morgan fingerprint density at radius 3 is 2.41 bits per heavy atom. The van der Waals surface area contributed by atoms with Crippen LogP contribution in [-0.4, -0.2) is 6.61 Å². The summed E-state index contributed by atoms with van der Waals surface area (Å²) >= 11 is 3.20. The quantitative estimate of drug-likeness (QED) is 0.671. The van der Waals surface area contributed by atoms with Gasteiger partial charge in [-0.05, 0) is 71.6 Å². The van der Waals surface area contributed by atoms with Crippen LogP contribution in [0, 0.1) is 11.7 Å². The van der Waals surface area contributed by atoms with E-state index in [1.807, 2.05) is 31.2 Å². The largest absolute Gasteiger partial charge is 0.494 e. The first-order valence-electron chi connectivity index (χ1n) is 7.52. The lowest BCUT2D eigenvalue weighted by molar-refractivity contribution is 0.181. The zero-order valence-corrected chi connectivity index (χ0v) is 14.0. The molecule has 1 saturated carbocycles. The van der Waals surface area contributed by atoms with Crippen molar-refractivity contribution in [2.45, 2.75) is 25.9 Å². The standard InChI is InChI=1S/C18H18BrFO2/c1-2-21-14-7-5-13(6-8-14)18(12-3-4-12)22-15-9-10-17(20)16(19)11-15/h5-12,18H,2-4H2,1H3. The first-order valence-corrected chi connectivity index (χ1v) is 8.31. The smallest absolute Gasteiger partial charge is 0.137 e. The van der Waals surface area contributed by atoms with Crippen LogP contribution in [0.1, 0.15) is 31.4 Å². The van der Waals surface area contributed by atoms with Crippen molar-refractivity contribution in [2.24, 2.45) is 5.92 Å². The maximum atomic E-state index is 13.3. The molecule has 2 aromatic rings. The molecule has 0 bridgehead atoms. The normalized spacial score (nSPS) is 15.4. The molecule has 1 aliphatic carbocycles.